The predicted molar refractivity (Wildman–Crippen MR) is 92.0 cm³/mol. The first kappa shape index (κ1) is 20.7. The van der Waals surface area contributed by atoms with Crippen molar-refractivity contribution in [2.45, 2.75) is 19.5 Å². The van der Waals surface area contributed by atoms with Crippen LogP contribution in [0.5, 0.6) is 11.5 Å². The Kier molecular flexibility index (Phi) is 6.75. The Labute approximate surface area is 155 Å². The molecule has 1 aliphatic rings. The first-order valence-corrected chi connectivity index (χ1v) is 8.38. The van der Waals surface area contributed by atoms with Crippen LogP contribution in [0.4, 0.5) is 23.7 Å². The highest BCUT2D eigenvalue weighted by Crippen LogP contribution is 2.31. The third-order valence-electron chi connectivity index (χ3n) is 4.03. The molecule has 1 aliphatic heterocycles. The smallest absolute Gasteiger partial charge is 0.422 e. The Balaban J connectivity index is 2.03. The number of carbonyl (C=O) groups excluding carboxylic acids is 2. The molecule has 7 nitrogen and oxygen atoms in total. The number of methoxy groups -OCH3 is 1. The number of urea groups is 1. The van der Waals surface area contributed by atoms with Gasteiger partial charge in [0.2, 0.25) is 5.91 Å². The molecular weight excluding hydrogens is 367 g/mol. The minimum atomic E-state index is -4.49. The second-order valence-corrected chi connectivity index (χ2v) is 6.05. The third kappa shape index (κ3) is 6.22. The molecule has 0 spiro atoms. The molecule has 0 atom stereocenters. The van der Waals surface area contributed by atoms with E-state index in [1.807, 2.05) is 0 Å². The van der Waals surface area contributed by atoms with E-state index in [1.54, 1.807) is 9.80 Å². The van der Waals surface area contributed by atoms with E-state index in [1.165, 1.54) is 32.2 Å². The molecule has 27 heavy (non-hydrogen) atoms. The van der Waals surface area contributed by atoms with Crippen LogP contribution in [0.1, 0.15) is 13.3 Å². The van der Waals surface area contributed by atoms with Gasteiger partial charge in [-0.3, -0.25) is 4.79 Å². The van der Waals surface area contributed by atoms with Crippen LogP contribution < -0.4 is 14.8 Å². The zero-order valence-corrected chi connectivity index (χ0v) is 15.1. The van der Waals surface area contributed by atoms with Gasteiger partial charge in [0.25, 0.3) is 0 Å². The summed E-state index contributed by atoms with van der Waals surface area (Å²) < 4.78 is 46.9. The predicted octanol–water partition coefficient (Wildman–Crippen LogP) is 2.72. The summed E-state index contributed by atoms with van der Waals surface area (Å²) >= 11 is 0. The molecule has 0 saturated carbocycles. The van der Waals surface area contributed by atoms with Crippen molar-refractivity contribution in [2.24, 2.45) is 0 Å². The van der Waals surface area contributed by atoms with Gasteiger partial charge in [0.05, 0.1) is 7.11 Å². The number of carbonyl (C=O) groups is 2. The van der Waals surface area contributed by atoms with Crippen LogP contribution in [0.25, 0.3) is 0 Å². The number of amides is 3. The highest BCUT2D eigenvalue weighted by molar-refractivity contribution is 5.89. The van der Waals surface area contributed by atoms with Gasteiger partial charge >= 0.3 is 12.2 Å². The average Bonchev–Trinajstić information content (AvgIpc) is 2.86. The van der Waals surface area contributed by atoms with E-state index in [2.05, 4.69) is 5.32 Å². The molecule has 0 aromatic heterocycles. The van der Waals surface area contributed by atoms with Gasteiger partial charge in [0.15, 0.2) is 18.1 Å². The van der Waals surface area contributed by atoms with Crippen molar-refractivity contribution in [1.82, 2.24) is 9.80 Å². The second kappa shape index (κ2) is 8.83. The van der Waals surface area contributed by atoms with Gasteiger partial charge in [0.1, 0.15) is 0 Å². The number of rotatable bonds is 4. The summed E-state index contributed by atoms with van der Waals surface area (Å²) in [7, 11) is 1.31. The highest BCUT2D eigenvalue weighted by Gasteiger charge is 2.29. The second-order valence-electron chi connectivity index (χ2n) is 6.05. The first-order chi connectivity index (χ1) is 12.7. The Morgan fingerprint density at radius 3 is 2.41 bits per heavy atom. The summed E-state index contributed by atoms with van der Waals surface area (Å²) in [4.78, 5) is 27.1. The van der Waals surface area contributed by atoms with E-state index in [-0.39, 0.29) is 23.1 Å². The van der Waals surface area contributed by atoms with Crippen LogP contribution >= 0.6 is 0 Å². The topological polar surface area (TPSA) is 71.1 Å². The molecule has 0 bridgehead atoms. The van der Waals surface area contributed by atoms with Crippen LogP contribution in [0.15, 0.2) is 18.2 Å². The van der Waals surface area contributed by atoms with E-state index < -0.39 is 18.8 Å². The standard InChI is InChI=1S/C17H22F3N3O4/c1-12(24)22-6-3-7-23(9-8-22)16(25)21-13-4-5-14(26-2)15(10-13)27-11-17(18,19)20/h4-5,10H,3,6-9,11H2,1-2H3,(H,21,25). The lowest BCUT2D eigenvalue weighted by molar-refractivity contribution is -0.153. The molecule has 150 valence electrons. The molecule has 2 rings (SSSR count). The summed E-state index contributed by atoms with van der Waals surface area (Å²) in [6, 6.07) is 3.81. The minimum absolute atomic E-state index is 0.0427. The summed E-state index contributed by atoms with van der Waals surface area (Å²) in [5, 5.41) is 2.64. The lowest BCUT2D eigenvalue weighted by Crippen LogP contribution is -2.38. The molecule has 0 unspecified atom stereocenters. The minimum Gasteiger partial charge on any atom is -0.493 e. The number of ether oxygens (including phenoxy) is 2. The van der Waals surface area contributed by atoms with Crippen molar-refractivity contribution < 1.29 is 32.2 Å². The lowest BCUT2D eigenvalue weighted by Gasteiger charge is -2.22. The van der Waals surface area contributed by atoms with Gasteiger partial charge in [-0.05, 0) is 18.6 Å². The molecule has 1 aromatic rings. The monoisotopic (exact) mass is 389 g/mol. The SMILES string of the molecule is COc1ccc(NC(=O)N2CCCN(C(C)=O)CC2)cc1OCC(F)(F)F. The van der Waals surface area contributed by atoms with Crippen molar-refractivity contribution in [1.29, 1.82) is 0 Å². The van der Waals surface area contributed by atoms with Gasteiger partial charge in [-0.15, -0.1) is 0 Å². The summed E-state index contributed by atoms with van der Waals surface area (Å²) in [6.07, 6.45) is -3.84. The maximum absolute atomic E-state index is 12.4. The zero-order chi connectivity index (χ0) is 20.0. The Hall–Kier alpha value is -2.65. The van der Waals surface area contributed by atoms with Crippen molar-refractivity contribution in [3.05, 3.63) is 18.2 Å². The lowest BCUT2D eigenvalue weighted by atomic mass is 10.2. The van der Waals surface area contributed by atoms with Gasteiger partial charge in [-0.1, -0.05) is 0 Å². The van der Waals surface area contributed by atoms with Crippen molar-refractivity contribution >= 4 is 17.6 Å². The van der Waals surface area contributed by atoms with E-state index in [9.17, 15) is 22.8 Å². The summed E-state index contributed by atoms with van der Waals surface area (Å²) in [5.74, 6) is -0.0331. The number of hydrogen-bond donors (Lipinski definition) is 1. The number of anilines is 1. The number of benzene rings is 1. The number of nitrogens with zero attached hydrogens (tertiary/aromatic N) is 2. The largest absolute Gasteiger partial charge is 0.493 e. The summed E-state index contributed by atoms with van der Waals surface area (Å²) in [5.41, 5.74) is 0.283. The van der Waals surface area contributed by atoms with Crippen LogP contribution in [0, 0.1) is 0 Å². The van der Waals surface area contributed by atoms with Crippen molar-refractivity contribution in [2.75, 3.05) is 45.2 Å². The van der Waals surface area contributed by atoms with Gasteiger partial charge in [-0.25, -0.2) is 4.79 Å². The van der Waals surface area contributed by atoms with Crippen LogP contribution in [0.2, 0.25) is 0 Å². The fourth-order valence-electron chi connectivity index (χ4n) is 2.66. The van der Waals surface area contributed by atoms with E-state index in [4.69, 9.17) is 9.47 Å². The fraction of sp³-hybridized carbons (Fsp3) is 0.529. The number of halogens is 3. The van der Waals surface area contributed by atoms with Crippen LogP contribution in [-0.4, -0.2) is 67.8 Å². The molecule has 0 aliphatic carbocycles. The summed E-state index contributed by atoms with van der Waals surface area (Å²) in [6.45, 7) is 1.88. The first-order valence-electron chi connectivity index (χ1n) is 8.38. The fourth-order valence-corrected chi connectivity index (χ4v) is 2.66. The van der Waals surface area contributed by atoms with E-state index >= 15 is 0 Å². The van der Waals surface area contributed by atoms with E-state index in [0.29, 0.717) is 32.6 Å². The molecule has 1 heterocycles. The number of nitrogens with one attached hydrogen (secondary N) is 1. The average molecular weight is 389 g/mol. The van der Waals surface area contributed by atoms with Gasteiger partial charge < -0.3 is 24.6 Å². The molecule has 1 N–H and O–H groups in total. The van der Waals surface area contributed by atoms with Crippen molar-refractivity contribution in [3.63, 3.8) is 0 Å². The highest BCUT2D eigenvalue weighted by atomic mass is 19.4. The maximum atomic E-state index is 12.4. The molecular formula is C17H22F3N3O4. The normalized spacial score (nSPS) is 15.1. The quantitative estimate of drug-likeness (QED) is 0.860. The molecule has 1 saturated heterocycles. The number of hydrogen-bond acceptors (Lipinski definition) is 4. The van der Waals surface area contributed by atoms with Crippen LogP contribution in [-0.2, 0) is 4.79 Å². The van der Waals surface area contributed by atoms with E-state index in [0.717, 1.165) is 0 Å². The Morgan fingerprint density at radius 2 is 1.78 bits per heavy atom. The molecule has 0 radical (unpaired) electrons. The molecule has 1 fully saturated rings. The van der Waals surface area contributed by atoms with Gasteiger partial charge in [-0.2, -0.15) is 13.2 Å². The van der Waals surface area contributed by atoms with Crippen molar-refractivity contribution in [3.8, 4) is 11.5 Å². The molecule has 1 aromatic carbocycles. The third-order valence-corrected chi connectivity index (χ3v) is 4.03. The van der Waals surface area contributed by atoms with Crippen LogP contribution in [0.3, 0.4) is 0 Å². The Morgan fingerprint density at radius 1 is 1.11 bits per heavy atom. The molecule has 3 amide bonds. The zero-order valence-electron chi connectivity index (χ0n) is 15.1. The number of alkyl halides is 3. The Bertz CT molecular complexity index is 682. The maximum Gasteiger partial charge on any atom is 0.422 e. The molecule has 10 heteroatoms. The van der Waals surface area contributed by atoms with Gasteiger partial charge in [0, 0.05) is 44.9 Å².